The van der Waals surface area contributed by atoms with E-state index in [2.05, 4.69) is 20.5 Å². The molecular weight excluding hydrogens is 504 g/mol. The zero-order valence-electron chi connectivity index (χ0n) is 19.8. The standard InChI is InChI=1S/C24H23F6N5O2/c1-11(15-4-3-5-17(19(15)25)23(26,27)10-36)31-22-16-7-18(35-8-14-6-13(35)9-37-14)21(24(28,29)30)32-20(16)12(2)33-34-22/h3-5,7,11,13-14,36H,6,8-10H2,1-2H3,(H,31,34)/t11-,13?,14?/m1/s1. The van der Waals surface area contributed by atoms with Crippen LogP contribution in [0, 0.1) is 12.7 Å². The van der Waals surface area contributed by atoms with Crippen molar-refractivity contribution < 1.29 is 36.2 Å². The summed E-state index contributed by atoms with van der Waals surface area (Å²) in [6.45, 7) is 1.99. The maximum absolute atomic E-state index is 15.0. The fraction of sp³-hybridized carbons (Fsp3) is 0.458. The van der Waals surface area contributed by atoms with Gasteiger partial charge in [-0.2, -0.15) is 27.1 Å². The molecule has 0 amide bonds. The van der Waals surface area contributed by atoms with Gasteiger partial charge in [0.05, 0.1) is 47.3 Å². The molecule has 0 radical (unpaired) electrons. The molecule has 0 aliphatic carbocycles. The molecule has 1 aromatic carbocycles. The number of hydrogen-bond donors (Lipinski definition) is 2. The smallest absolute Gasteiger partial charge is 0.390 e. The van der Waals surface area contributed by atoms with Gasteiger partial charge in [0.25, 0.3) is 5.92 Å². The summed E-state index contributed by atoms with van der Waals surface area (Å²) in [6.07, 6.45) is -4.28. The Morgan fingerprint density at radius 1 is 1.22 bits per heavy atom. The summed E-state index contributed by atoms with van der Waals surface area (Å²) in [7, 11) is 0. The van der Waals surface area contributed by atoms with Crippen LogP contribution >= 0.6 is 0 Å². The van der Waals surface area contributed by atoms with E-state index in [1.807, 2.05) is 0 Å². The van der Waals surface area contributed by atoms with Crippen molar-refractivity contribution in [2.24, 2.45) is 0 Å². The minimum absolute atomic E-state index is 0.0231. The first-order chi connectivity index (χ1) is 17.4. The molecule has 2 unspecified atom stereocenters. The van der Waals surface area contributed by atoms with Crippen molar-refractivity contribution in [3.63, 3.8) is 0 Å². The molecule has 2 bridgehead atoms. The van der Waals surface area contributed by atoms with E-state index >= 15 is 4.39 Å². The van der Waals surface area contributed by atoms with E-state index in [1.165, 1.54) is 32.0 Å². The maximum atomic E-state index is 15.0. The molecule has 13 heteroatoms. The van der Waals surface area contributed by atoms with Gasteiger partial charge in [-0.3, -0.25) is 0 Å². The van der Waals surface area contributed by atoms with E-state index < -0.39 is 41.8 Å². The highest BCUT2D eigenvalue weighted by Gasteiger charge is 2.44. The van der Waals surface area contributed by atoms with Crippen molar-refractivity contribution in [3.05, 3.63) is 52.6 Å². The van der Waals surface area contributed by atoms with Crippen LogP contribution in [0.5, 0.6) is 0 Å². The molecule has 0 spiro atoms. The summed E-state index contributed by atoms with van der Waals surface area (Å²) in [5.41, 5.74) is -2.15. The third-order valence-electron chi connectivity index (χ3n) is 6.82. The summed E-state index contributed by atoms with van der Waals surface area (Å²) >= 11 is 0. The first-order valence-corrected chi connectivity index (χ1v) is 11.6. The number of fused-ring (bicyclic) bond motifs is 3. The van der Waals surface area contributed by atoms with Gasteiger partial charge in [0, 0.05) is 17.5 Å². The number of nitrogens with one attached hydrogen (secondary N) is 1. The van der Waals surface area contributed by atoms with Crippen LogP contribution in [0.1, 0.15) is 41.9 Å². The Bertz CT molecular complexity index is 1350. The number of aryl methyl sites for hydroxylation is 1. The number of benzene rings is 1. The molecule has 2 fully saturated rings. The minimum Gasteiger partial charge on any atom is -0.390 e. The van der Waals surface area contributed by atoms with Crippen LogP contribution in [0.3, 0.4) is 0 Å². The van der Waals surface area contributed by atoms with Gasteiger partial charge < -0.3 is 20.1 Å². The van der Waals surface area contributed by atoms with Gasteiger partial charge in [-0.15, -0.1) is 5.10 Å². The highest BCUT2D eigenvalue weighted by Crippen LogP contribution is 2.43. The highest BCUT2D eigenvalue weighted by molar-refractivity contribution is 5.93. The number of aliphatic hydroxyl groups is 1. The molecule has 2 N–H and O–H groups in total. The number of anilines is 2. The topological polar surface area (TPSA) is 83.4 Å². The average Bonchev–Trinajstić information content (AvgIpc) is 3.48. The van der Waals surface area contributed by atoms with Crippen LogP contribution in [-0.4, -0.2) is 52.2 Å². The highest BCUT2D eigenvalue weighted by atomic mass is 19.4. The van der Waals surface area contributed by atoms with Crippen LogP contribution in [0.15, 0.2) is 24.3 Å². The van der Waals surface area contributed by atoms with Crippen LogP contribution in [0.25, 0.3) is 10.9 Å². The molecular formula is C24H23F6N5O2. The summed E-state index contributed by atoms with van der Waals surface area (Å²) in [5.74, 6) is -4.98. The lowest BCUT2D eigenvalue weighted by atomic mass is 10.00. The van der Waals surface area contributed by atoms with Gasteiger partial charge in [0.2, 0.25) is 0 Å². The summed E-state index contributed by atoms with van der Waals surface area (Å²) in [6, 6.07) is 3.59. The number of rotatable bonds is 6. The average molecular weight is 527 g/mol. The molecule has 3 aromatic rings. The number of hydrogen-bond acceptors (Lipinski definition) is 7. The SMILES string of the molecule is Cc1nnc(N[C@H](C)c2cccc(C(F)(F)CO)c2F)c2cc(N3CC4CC3CO4)c(C(F)(F)F)nc12. The normalized spacial score (nSPS) is 20.6. The lowest BCUT2D eigenvalue weighted by Crippen LogP contribution is -2.38. The lowest BCUT2D eigenvalue weighted by molar-refractivity contribution is -0.140. The molecule has 7 nitrogen and oxygen atoms in total. The maximum Gasteiger partial charge on any atom is 0.435 e. The van der Waals surface area contributed by atoms with E-state index in [-0.39, 0.29) is 52.4 Å². The first kappa shape index (κ1) is 25.5. The zero-order chi connectivity index (χ0) is 26.7. The fourth-order valence-electron chi connectivity index (χ4n) is 4.95. The molecule has 198 valence electrons. The van der Waals surface area contributed by atoms with E-state index in [9.17, 15) is 22.0 Å². The van der Waals surface area contributed by atoms with Gasteiger partial charge in [-0.1, -0.05) is 12.1 Å². The Balaban J connectivity index is 1.59. The van der Waals surface area contributed by atoms with Crippen LogP contribution in [0.4, 0.5) is 37.8 Å². The zero-order valence-corrected chi connectivity index (χ0v) is 19.8. The Kier molecular flexibility index (Phi) is 6.18. The number of alkyl halides is 5. The second-order valence-corrected chi connectivity index (χ2v) is 9.32. The van der Waals surface area contributed by atoms with Crippen molar-refractivity contribution in [1.29, 1.82) is 0 Å². The van der Waals surface area contributed by atoms with Crippen LogP contribution in [0.2, 0.25) is 0 Å². The first-order valence-electron chi connectivity index (χ1n) is 11.6. The van der Waals surface area contributed by atoms with Crippen molar-refractivity contribution in [1.82, 2.24) is 15.2 Å². The molecule has 37 heavy (non-hydrogen) atoms. The predicted molar refractivity (Wildman–Crippen MR) is 122 cm³/mol. The second-order valence-electron chi connectivity index (χ2n) is 9.32. The summed E-state index contributed by atoms with van der Waals surface area (Å²) < 4.78 is 90.7. The quantitative estimate of drug-likeness (QED) is 0.449. The van der Waals surface area contributed by atoms with E-state index in [0.29, 0.717) is 13.0 Å². The van der Waals surface area contributed by atoms with E-state index in [1.54, 1.807) is 4.90 Å². The number of ether oxygens (including phenoxy) is 1. The summed E-state index contributed by atoms with van der Waals surface area (Å²) in [5, 5.41) is 20.1. The minimum atomic E-state index is -4.73. The third kappa shape index (κ3) is 4.43. The van der Waals surface area contributed by atoms with Crippen LogP contribution in [-0.2, 0) is 16.8 Å². The molecule has 2 aliphatic rings. The monoisotopic (exact) mass is 527 g/mol. The van der Waals surface area contributed by atoms with E-state index in [0.717, 1.165) is 6.07 Å². The van der Waals surface area contributed by atoms with Gasteiger partial charge in [-0.25, -0.2) is 9.37 Å². The van der Waals surface area contributed by atoms with Gasteiger partial charge in [-0.05, 0) is 32.4 Å². The lowest BCUT2D eigenvalue weighted by Gasteiger charge is -2.31. The molecule has 5 rings (SSSR count). The molecule has 2 saturated heterocycles. The molecule has 2 aliphatic heterocycles. The van der Waals surface area contributed by atoms with Gasteiger partial charge in [0.15, 0.2) is 11.5 Å². The Hall–Kier alpha value is -3.19. The number of halogens is 6. The number of pyridine rings is 1. The predicted octanol–water partition coefficient (Wildman–Crippen LogP) is 4.73. The number of morpholine rings is 1. The van der Waals surface area contributed by atoms with Crippen LogP contribution < -0.4 is 10.2 Å². The fourth-order valence-corrected chi connectivity index (χ4v) is 4.95. The third-order valence-corrected chi connectivity index (χ3v) is 6.82. The molecule has 0 saturated carbocycles. The Morgan fingerprint density at radius 3 is 2.59 bits per heavy atom. The Morgan fingerprint density at radius 2 is 1.97 bits per heavy atom. The van der Waals surface area contributed by atoms with Gasteiger partial charge in [0.1, 0.15) is 12.4 Å². The van der Waals surface area contributed by atoms with Crippen molar-refractivity contribution in [3.8, 4) is 0 Å². The second kappa shape index (κ2) is 8.98. The Labute approximate surface area is 207 Å². The largest absolute Gasteiger partial charge is 0.435 e. The molecule has 3 atom stereocenters. The number of aliphatic hydroxyl groups excluding tert-OH is 1. The number of nitrogens with zero attached hydrogens (tertiary/aromatic N) is 4. The summed E-state index contributed by atoms with van der Waals surface area (Å²) in [4.78, 5) is 5.57. The van der Waals surface area contributed by atoms with Crippen molar-refractivity contribution in [2.75, 3.05) is 30.0 Å². The molecule has 2 aromatic heterocycles. The van der Waals surface area contributed by atoms with E-state index in [4.69, 9.17) is 9.84 Å². The molecule has 4 heterocycles. The van der Waals surface area contributed by atoms with Crippen molar-refractivity contribution >= 4 is 22.4 Å². The van der Waals surface area contributed by atoms with Gasteiger partial charge >= 0.3 is 6.18 Å². The number of aromatic nitrogens is 3. The van der Waals surface area contributed by atoms with Crippen molar-refractivity contribution in [2.45, 2.75) is 50.6 Å².